The van der Waals surface area contributed by atoms with E-state index in [1.54, 1.807) is 41.3 Å². The topological polar surface area (TPSA) is 70.8 Å². The van der Waals surface area contributed by atoms with Crippen LogP contribution >= 0.6 is 0 Å². The minimum Gasteiger partial charge on any atom is -0.450 e. The van der Waals surface area contributed by atoms with Gasteiger partial charge in [-0.25, -0.2) is 4.39 Å². The number of hydrogen-bond donors (Lipinski definition) is 0. The lowest BCUT2D eigenvalue weighted by molar-refractivity contribution is -0.126. The molecule has 41 heavy (non-hydrogen) atoms. The van der Waals surface area contributed by atoms with Gasteiger partial charge >= 0.3 is 0 Å². The van der Waals surface area contributed by atoms with Gasteiger partial charge in [0.25, 0.3) is 11.8 Å². The lowest BCUT2D eigenvalue weighted by Gasteiger charge is -2.34. The normalized spacial score (nSPS) is 17.5. The molecule has 2 aliphatic heterocycles. The van der Waals surface area contributed by atoms with Gasteiger partial charge in [0.2, 0.25) is 5.76 Å². The number of anilines is 1. The quantitative estimate of drug-likeness (QED) is 0.279. The third kappa shape index (κ3) is 3.58. The maximum Gasteiger partial charge on any atom is 0.291 e. The molecule has 5 aromatic rings. The first kappa shape index (κ1) is 25.0. The average Bonchev–Trinajstić information content (AvgIpc) is 3.36. The van der Waals surface area contributed by atoms with Crippen molar-refractivity contribution in [1.29, 1.82) is 0 Å². The number of aryl methyl sites for hydroxylation is 2. The molecule has 1 atom stereocenters. The van der Waals surface area contributed by atoms with E-state index in [2.05, 4.69) is 0 Å². The van der Waals surface area contributed by atoms with Crippen molar-refractivity contribution in [3.63, 3.8) is 0 Å². The number of halogens is 1. The van der Waals surface area contributed by atoms with E-state index in [0.29, 0.717) is 22.2 Å². The number of hydrogen-bond acceptors (Lipinski definition) is 4. The van der Waals surface area contributed by atoms with Gasteiger partial charge in [-0.15, -0.1) is 0 Å². The molecular formula is C34H25FN2O4. The number of amides is 2. The number of benzene rings is 4. The van der Waals surface area contributed by atoms with Crippen molar-refractivity contribution < 1.29 is 18.4 Å². The zero-order valence-electron chi connectivity index (χ0n) is 22.5. The summed E-state index contributed by atoms with van der Waals surface area (Å²) in [6.07, 6.45) is 0. The molecule has 0 fully saturated rings. The van der Waals surface area contributed by atoms with Gasteiger partial charge in [-0.2, -0.15) is 0 Å². The lowest BCUT2D eigenvalue weighted by Crippen LogP contribution is -2.52. The van der Waals surface area contributed by atoms with Crippen molar-refractivity contribution >= 4 is 28.5 Å². The van der Waals surface area contributed by atoms with E-state index in [1.165, 1.54) is 17.0 Å². The van der Waals surface area contributed by atoms with E-state index >= 15 is 0 Å². The Morgan fingerprint density at radius 1 is 0.780 bits per heavy atom. The molecule has 1 aromatic heterocycles. The summed E-state index contributed by atoms with van der Waals surface area (Å²) in [7, 11) is 0. The molecule has 4 aromatic carbocycles. The van der Waals surface area contributed by atoms with Crippen LogP contribution < -0.4 is 10.3 Å². The minimum atomic E-state index is -1.75. The SMILES string of the molecule is Cc1ccc(CN2C(=O)C3(c4ccccc42)c2c(oc4ccc(C)cc4c2=O)C(=O)N3Cc2ccc(F)cc2)cc1. The van der Waals surface area contributed by atoms with E-state index in [-0.39, 0.29) is 30.0 Å². The molecule has 2 aliphatic rings. The van der Waals surface area contributed by atoms with Crippen LogP contribution in [0.5, 0.6) is 0 Å². The number of carbonyl (C=O) groups is 2. The molecule has 7 heteroatoms. The van der Waals surface area contributed by atoms with E-state index in [9.17, 15) is 18.8 Å². The number of carbonyl (C=O) groups excluding carboxylic acids is 2. The second kappa shape index (κ2) is 8.99. The number of para-hydroxylation sites is 1. The second-order valence-electron chi connectivity index (χ2n) is 10.8. The molecule has 1 spiro atoms. The Balaban J connectivity index is 1.50. The van der Waals surface area contributed by atoms with Gasteiger partial charge < -0.3 is 14.2 Å². The summed E-state index contributed by atoms with van der Waals surface area (Å²) in [5, 5.41) is 0.307. The Kier molecular flexibility index (Phi) is 5.47. The van der Waals surface area contributed by atoms with E-state index in [0.717, 1.165) is 16.7 Å². The fraction of sp³-hybridized carbons (Fsp3) is 0.147. The molecule has 0 N–H and O–H groups in total. The van der Waals surface area contributed by atoms with Gasteiger partial charge in [0.15, 0.2) is 11.0 Å². The summed E-state index contributed by atoms with van der Waals surface area (Å²) >= 11 is 0. The molecule has 6 nitrogen and oxygen atoms in total. The van der Waals surface area contributed by atoms with Gasteiger partial charge in [-0.05, 0) is 55.3 Å². The molecule has 2 amide bonds. The monoisotopic (exact) mass is 544 g/mol. The van der Waals surface area contributed by atoms with Gasteiger partial charge in [-0.3, -0.25) is 14.4 Å². The van der Waals surface area contributed by atoms with Crippen molar-refractivity contribution in [3.05, 3.63) is 146 Å². The van der Waals surface area contributed by atoms with Crippen LogP contribution in [-0.2, 0) is 23.4 Å². The highest BCUT2D eigenvalue weighted by Crippen LogP contribution is 2.53. The van der Waals surface area contributed by atoms with E-state index in [1.807, 2.05) is 56.3 Å². The summed E-state index contributed by atoms with van der Waals surface area (Å²) in [5.74, 6) is -1.53. The highest BCUT2D eigenvalue weighted by atomic mass is 19.1. The first-order chi connectivity index (χ1) is 19.8. The third-order valence-electron chi connectivity index (χ3n) is 8.11. The largest absolute Gasteiger partial charge is 0.450 e. The molecule has 3 heterocycles. The lowest BCUT2D eigenvalue weighted by atomic mass is 9.83. The molecule has 7 rings (SSSR count). The van der Waals surface area contributed by atoms with E-state index in [4.69, 9.17) is 4.42 Å². The maximum atomic E-state index is 14.9. The number of fused-ring (bicyclic) bond motifs is 5. The Hall–Kier alpha value is -5.04. The van der Waals surface area contributed by atoms with Crippen molar-refractivity contribution in [1.82, 2.24) is 4.90 Å². The molecule has 0 aliphatic carbocycles. The zero-order chi connectivity index (χ0) is 28.5. The summed E-state index contributed by atoms with van der Waals surface area (Å²) in [6.45, 7) is 4.09. The fourth-order valence-corrected chi connectivity index (χ4v) is 6.13. The molecule has 0 bridgehead atoms. The predicted molar refractivity (Wildman–Crippen MR) is 153 cm³/mol. The molecule has 0 saturated heterocycles. The summed E-state index contributed by atoms with van der Waals surface area (Å²) in [5.41, 5.74) is 2.75. The van der Waals surface area contributed by atoms with Crippen LogP contribution in [0.25, 0.3) is 11.0 Å². The molecule has 202 valence electrons. The van der Waals surface area contributed by atoms with Gasteiger partial charge in [-0.1, -0.05) is 71.8 Å². The first-order valence-corrected chi connectivity index (χ1v) is 13.4. The standard InChI is InChI=1S/C34H25FN2O4/c1-20-7-10-22(11-8-20)18-36-27-6-4-3-5-26(27)34(33(36)40)29-30(38)25-17-21(2)9-16-28(25)41-31(29)32(39)37(34)19-23-12-14-24(35)15-13-23/h3-17H,18-19H2,1-2H3. The van der Waals surface area contributed by atoms with Crippen molar-refractivity contribution in [3.8, 4) is 0 Å². The maximum absolute atomic E-state index is 14.9. The number of nitrogens with zero attached hydrogens (tertiary/aromatic N) is 2. The van der Waals surface area contributed by atoms with E-state index < -0.39 is 28.6 Å². The number of rotatable bonds is 4. The van der Waals surface area contributed by atoms with Crippen LogP contribution in [0.2, 0.25) is 0 Å². The van der Waals surface area contributed by atoms with Crippen LogP contribution in [0.1, 0.15) is 43.9 Å². The molecule has 0 radical (unpaired) electrons. The van der Waals surface area contributed by atoms with Crippen LogP contribution in [0.15, 0.2) is 100 Å². The van der Waals surface area contributed by atoms with Crippen molar-refractivity contribution in [2.75, 3.05) is 4.90 Å². The molecule has 1 unspecified atom stereocenters. The summed E-state index contributed by atoms with van der Waals surface area (Å²) < 4.78 is 19.9. The van der Waals surface area contributed by atoms with Gasteiger partial charge in [0.05, 0.1) is 23.2 Å². The van der Waals surface area contributed by atoms with Crippen LogP contribution in [-0.4, -0.2) is 16.7 Å². The minimum absolute atomic E-state index is 0.0200. The van der Waals surface area contributed by atoms with Gasteiger partial charge in [0, 0.05) is 12.1 Å². The molecule has 0 saturated carbocycles. The third-order valence-corrected chi connectivity index (χ3v) is 8.11. The first-order valence-electron chi connectivity index (χ1n) is 13.4. The Morgan fingerprint density at radius 3 is 2.20 bits per heavy atom. The summed E-state index contributed by atoms with van der Waals surface area (Å²) in [6, 6.07) is 26.1. The Labute approximate surface area is 235 Å². The van der Waals surface area contributed by atoms with Gasteiger partial charge in [0.1, 0.15) is 11.4 Å². The molecular weight excluding hydrogens is 519 g/mol. The highest BCUT2D eigenvalue weighted by molar-refractivity contribution is 6.17. The average molecular weight is 545 g/mol. The Morgan fingerprint density at radius 2 is 1.44 bits per heavy atom. The van der Waals surface area contributed by atoms with Crippen LogP contribution in [0.3, 0.4) is 0 Å². The summed E-state index contributed by atoms with van der Waals surface area (Å²) in [4.78, 5) is 46.4. The fourth-order valence-electron chi connectivity index (χ4n) is 6.13. The zero-order valence-corrected chi connectivity index (χ0v) is 22.5. The second-order valence-corrected chi connectivity index (χ2v) is 10.8. The van der Waals surface area contributed by atoms with Crippen LogP contribution in [0, 0.1) is 19.7 Å². The smallest absolute Gasteiger partial charge is 0.291 e. The Bertz CT molecular complexity index is 1950. The van der Waals surface area contributed by atoms with Crippen LogP contribution in [0.4, 0.5) is 10.1 Å². The van der Waals surface area contributed by atoms with Crippen molar-refractivity contribution in [2.45, 2.75) is 32.5 Å². The highest BCUT2D eigenvalue weighted by Gasteiger charge is 2.64. The van der Waals surface area contributed by atoms with Crippen molar-refractivity contribution in [2.24, 2.45) is 0 Å². The predicted octanol–water partition coefficient (Wildman–Crippen LogP) is 6.00.